The predicted octanol–water partition coefficient (Wildman–Crippen LogP) is 1.59. The van der Waals surface area contributed by atoms with Crippen molar-refractivity contribution in [2.45, 2.75) is 19.9 Å². The lowest BCUT2D eigenvalue weighted by atomic mass is 9.97. The smallest absolute Gasteiger partial charge is 0.129 e. The van der Waals surface area contributed by atoms with E-state index in [0.29, 0.717) is 0 Å². The number of aromatic nitrogens is 2. The molecule has 0 spiro atoms. The van der Waals surface area contributed by atoms with Crippen molar-refractivity contribution in [3.05, 3.63) is 47.0 Å². The number of imidazole rings is 1. The number of nitrogens with zero attached hydrogens (tertiary/aromatic N) is 1. The Morgan fingerprint density at radius 1 is 1.39 bits per heavy atom. The number of nitrogens with one attached hydrogen (secondary N) is 2. The first kappa shape index (κ1) is 12.6. The van der Waals surface area contributed by atoms with E-state index in [9.17, 15) is 0 Å². The highest BCUT2D eigenvalue weighted by atomic mass is 16.5. The molecule has 1 aromatic carbocycles. The number of nitrogens with two attached hydrogens (primary N) is 1. The normalized spacial score (nSPS) is 12.4. The van der Waals surface area contributed by atoms with Gasteiger partial charge in [-0.1, -0.05) is 6.07 Å². The van der Waals surface area contributed by atoms with Crippen LogP contribution < -0.4 is 16.0 Å². The topological polar surface area (TPSA) is 76.0 Å². The van der Waals surface area contributed by atoms with Crippen LogP contribution in [-0.2, 0) is 0 Å². The summed E-state index contributed by atoms with van der Waals surface area (Å²) in [6, 6.07) is 3.89. The summed E-state index contributed by atoms with van der Waals surface area (Å²) in [5.41, 5.74) is 6.06. The fraction of sp³-hybridized carbons (Fsp3) is 0.308. The Kier molecular flexibility index (Phi) is 3.64. The zero-order chi connectivity index (χ0) is 13.1. The zero-order valence-electron chi connectivity index (χ0n) is 10.8. The molecule has 0 saturated heterocycles. The van der Waals surface area contributed by atoms with Gasteiger partial charge in [0.1, 0.15) is 17.6 Å². The van der Waals surface area contributed by atoms with Gasteiger partial charge in [-0.3, -0.25) is 5.84 Å². The van der Waals surface area contributed by atoms with E-state index in [-0.39, 0.29) is 6.04 Å². The lowest BCUT2D eigenvalue weighted by Gasteiger charge is -2.20. The van der Waals surface area contributed by atoms with E-state index in [4.69, 9.17) is 10.6 Å². The van der Waals surface area contributed by atoms with Crippen LogP contribution in [0.4, 0.5) is 0 Å². The molecular weight excluding hydrogens is 228 g/mol. The van der Waals surface area contributed by atoms with Gasteiger partial charge in [0.05, 0.1) is 7.11 Å². The standard InChI is InChI=1S/C13H18N4O/c1-8-6-9(2)11(10(7-8)18-3)12(17-14)13-15-4-5-16-13/h4-7,12,17H,14H2,1-3H3,(H,15,16). The number of methoxy groups -OCH3 is 1. The Labute approximate surface area is 106 Å². The lowest BCUT2D eigenvalue weighted by molar-refractivity contribution is 0.402. The van der Waals surface area contributed by atoms with Crippen molar-refractivity contribution >= 4 is 0 Å². The van der Waals surface area contributed by atoms with E-state index in [2.05, 4.69) is 21.5 Å². The van der Waals surface area contributed by atoms with Gasteiger partial charge in [-0.05, 0) is 31.0 Å². The molecule has 2 aromatic rings. The summed E-state index contributed by atoms with van der Waals surface area (Å²) in [5, 5.41) is 0. The van der Waals surface area contributed by atoms with Crippen LogP contribution in [0.3, 0.4) is 0 Å². The molecule has 1 unspecified atom stereocenters. The SMILES string of the molecule is COc1cc(C)cc(C)c1C(NN)c1ncc[nH]1. The molecule has 2 rings (SSSR count). The zero-order valence-corrected chi connectivity index (χ0v) is 10.8. The number of rotatable bonds is 4. The van der Waals surface area contributed by atoms with E-state index in [1.54, 1.807) is 19.5 Å². The molecule has 96 valence electrons. The average molecular weight is 246 g/mol. The van der Waals surface area contributed by atoms with Crippen LogP contribution in [0.5, 0.6) is 5.75 Å². The van der Waals surface area contributed by atoms with Crippen LogP contribution in [0.2, 0.25) is 0 Å². The Hall–Kier alpha value is -1.85. The monoisotopic (exact) mass is 246 g/mol. The number of ether oxygens (including phenoxy) is 1. The summed E-state index contributed by atoms with van der Waals surface area (Å²) in [6.07, 6.45) is 3.48. The van der Waals surface area contributed by atoms with Crippen LogP contribution in [0, 0.1) is 13.8 Å². The van der Waals surface area contributed by atoms with Crippen LogP contribution >= 0.6 is 0 Å². The van der Waals surface area contributed by atoms with Crippen molar-refractivity contribution in [1.82, 2.24) is 15.4 Å². The number of benzene rings is 1. The van der Waals surface area contributed by atoms with Gasteiger partial charge in [-0.15, -0.1) is 0 Å². The Balaban J connectivity index is 2.55. The molecule has 1 atom stereocenters. The minimum Gasteiger partial charge on any atom is -0.496 e. The number of H-pyrrole nitrogens is 1. The number of hydrogen-bond acceptors (Lipinski definition) is 4. The minimum atomic E-state index is -0.212. The van der Waals surface area contributed by atoms with Crippen molar-refractivity contribution < 1.29 is 4.74 Å². The summed E-state index contributed by atoms with van der Waals surface area (Å²) >= 11 is 0. The van der Waals surface area contributed by atoms with Gasteiger partial charge < -0.3 is 9.72 Å². The third-order valence-corrected chi connectivity index (χ3v) is 2.96. The predicted molar refractivity (Wildman–Crippen MR) is 70.2 cm³/mol. The molecule has 18 heavy (non-hydrogen) atoms. The fourth-order valence-corrected chi connectivity index (χ4v) is 2.21. The van der Waals surface area contributed by atoms with Crippen molar-refractivity contribution in [1.29, 1.82) is 0 Å². The molecule has 1 heterocycles. The summed E-state index contributed by atoms with van der Waals surface area (Å²) in [6.45, 7) is 4.08. The third kappa shape index (κ3) is 2.23. The Bertz CT molecular complexity index is 522. The van der Waals surface area contributed by atoms with Crippen molar-refractivity contribution in [2.24, 2.45) is 5.84 Å². The molecule has 0 saturated carbocycles. The van der Waals surface area contributed by atoms with Crippen LogP contribution in [0.15, 0.2) is 24.5 Å². The van der Waals surface area contributed by atoms with Gasteiger partial charge >= 0.3 is 0 Å². The summed E-state index contributed by atoms with van der Waals surface area (Å²) in [4.78, 5) is 7.32. The number of aryl methyl sites for hydroxylation is 2. The first-order chi connectivity index (χ1) is 8.67. The van der Waals surface area contributed by atoms with Gasteiger partial charge in [-0.25, -0.2) is 10.4 Å². The number of hydrazine groups is 1. The highest BCUT2D eigenvalue weighted by Crippen LogP contribution is 2.32. The van der Waals surface area contributed by atoms with E-state index >= 15 is 0 Å². The highest BCUT2D eigenvalue weighted by Gasteiger charge is 2.21. The van der Waals surface area contributed by atoms with Gasteiger partial charge in [-0.2, -0.15) is 0 Å². The maximum absolute atomic E-state index is 5.66. The molecule has 5 nitrogen and oxygen atoms in total. The lowest BCUT2D eigenvalue weighted by Crippen LogP contribution is -2.30. The molecular formula is C13H18N4O. The van der Waals surface area contributed by atoms with Crippen LogP contribution in [0.1, 0.15) is 28.6 Å². The molecule has 4 N–H and O–H groups in total. The van der Waals surface area contributed by atoms with Gasteiger partial charge in [0, 0.05) is 18.0 Å². The minimum absolute atomic E-state index is 0.212. The number of aromatic amines is 1. The van der Waals surface area contributed by atoms with Crippen molar-refractivity contribution in [3.63, 3.8) is 0 Å². The van der Waals surface area contributed by atoms with E-state index < -0.39 is 0 Å². The first-order valence-corrected chi connectivity index (χ1v) is 5.78. The van der Waals surface area contributed by atoms with E-state index in [1.807, 2.05) is 19.9 Å². The molecule has 0 amide bonds. The molecule has 1 aromatic heterocycles. The first-order valence-electron chi connectivity index (χ1n) is 5.78. The molecule has 0 aliphatic carbocycles. The maximum Gasteiger partial charge on any atom is 0.129 e. The largest absolute Gasteiger partial charge is 0.496 e. The average Bonchev–Trinajstić information content (AvgIpc) is 2.85. The second-order valence-electron chi connectivity index (χ2n) is 4.27. The maximum atomic E-state index is 5.66. The van der Waals surface area contributed by atoms with Crippen LogP contribution in [0.25, 0.3) is 0 Å². The van der Waals surface area contributed by atoms with Gasteiger partial charge in [0.15, 0.2) is 0 Å². The van der Waals surface area contributed by atoms with Crippen molar-refractivity contribution in [2.75, 3.05) is 7.11 Å². The van der Waals surface area contributed by atoms with Gasteiger partial charge in [0.2, 0.25) is 0 Å². The third-order valence-electron chi connectivity index (χ3n) is 2.96. The Morgan fingerprint density at radius 3 is 2.72 bits per heavy atom. The molecule has 0 radical (unpaired) electrons. The van der Waals surface area contributed by atoms with E-state index in [1.165, 1.54) is 0 Å². The van der Waals surface area contributed by atoms with Gasteiger partial charge in [0.25, 0.3) is 0 Å². The van der Waals surface area contributed by atoms with E-state index in [0.717, 1.165) is 28.3 Å². The number of hydrogen-bond donors (Lipinski definition) is 3. The van der Waals surface area contributed by atoms with Crippen molar-refractivity contribution in [3.8, 4) is 5.75 Å². The Morgan fingerprint density at radius 2 is 2.17 bits per heavy atom. The summed E-state index contributed by atoms with van der Waals surface area (Å²) in [5.74, 6) is 7.24. The molecule has 0 fully saturated rings. The second kappa shape index (κ2) is 5.20. The summed E-state index contributed by atoms with van der Waals surface area (Å²) < 4.78 is 5.45. The fourth-order valence-electron chi connectivity index (χ4n) is 2.21. The molecule has 5 heteroatoms. The molecule has 0 aliphatic heterocycles. The second-order valence-corrected chi connectivity index (χ2v) is 4.27. The quantitative estimate of drug-likeness (QED) is 0.565. The molecule has 0 bridgehead atoms. The molecule has 0 aliphatic rings. The highest BCUT2D eigenvalue weighted by molar-refractivity contribution is 5.47. The van der Waals surface area contributed by atoms with Crippen LogP contribution in [-0.4, -0.2) is 17.1 Å². The summed E-state index contributed by atoms with van der Waals surface area (Å²) in [7, 11) is 1.66.